The van der Waals surface area contributed by atoms with Gasteiger partial charge in [-0.3, -0.25) is 4.79 Å². The Morgan fingerprint density at radius 3 is 2.26 bits per heavy atom. The highest BCUT2D eigenvalue weighted by Gasteiger charge is 2.11. The molecule has 0 aliphatic rings. The Bertz CT molecular complexity index is 733. The van der Waals surface area contributed by atoms with Gasteiger partial charge in [-0.1, -0.05) is 12.1 Å². The predicted molar refractivity (Wildman–Crippen MR) is 90.0 cm³/mol. The molecular formula is C19H21NO3. The van der Waals surface area contributed by atoms with Crippen molar-refractivity contribution in [1.82, 2.24) is 0 Å². The van der Waals surface area contributed by atoms with E-state index in [4.69, 9.17) is 10.5 Å². The van der Waals surface area contributed by atoms with Gasteiger partial charge in [-0.15, -0.1) is 0 Å². The average Bonchev–Trinajstić information content (AvgIpc) is 2.51. The molecule has 0 aliphatic heterocycles. The van der Waals surface area contributed by atoms with Crippen molar-refractivity contribution < 1.29 is 14.3 Å². The number of benzene rings is 2. The highest BCUT2D eigenvalue weighted by Crippen LogP contribution is 2.31. The first kappa shape index (κ1) is 16.7. The van der Waals surface area contributed by atoms with Crippen LogP contribution in [-0.4, -0.2) is 11.7 Å². The second-order valence-electron chi connectivity index (χ2n) is 5.69. The number of ketones is 1. The summed E-state index contributed by atoms with van der Waals surface area (Å²) >= 11 is 0. The number of nitrogens with two attached hydrogens (primary N) is 1. The molecule has 2 aromatic rings. The van der Waals surface area contributed by atoms with Crippen LogP contribution >= 0.6 is 0 Å². The molecule has 0 aromatic heterocycles. The van der Waals surface area contributed by atoms with Crippen molar-refractivity contribution in [3.05, 3.63) is 58.7 Å². The summed E-state index contributed by atoms with van der Waals surface area (Å²) < 4.78 is 5.99. The van der Waals surface area contributed by atoms with E-state index in [2.05, 4.69) is 0 Å². The molecule has 0 bridgehead atoms. The lowest BCUT2D eigenvalue weighted by molar-refractivity contribution is -0.116. The number of hydrogen-bond acceptors (Lipinski definition) is 3. The van der Waals surface area contributed by atoms with Crippen molar-refractivity contribution in [2.75, 3.05) is 0 Å². The standard InChI is InChI=1S/C19H21NO3/c1-12-4-6-15(7-5-13(2)21)14(3)18(12)23-17-10-8-16(9-11-17)19(20)22/h4,6,8-11H,5,7H2,1-3H3,(H2,20,22). The zero-order valence-corrected chi connectivity index (χ0v) is 13.7. The Labute approximate surface area is 136 Å². The van der Waals surface area contributed by atoms with Crippen LogP contribution in [-0.2, 0) is 11.2 Å². The number of hydrogen-bond donors (Lipinski definition) is 1. The van der Waals surface area contributed by atoms with E-state index in [9.17, 15) is 9.59 Å². The molecule has 0 heterocycles. The van der Waals surface area contributed by atoms with Gasteiger partial charge in [0.05, 0.1) is 0 Å². The van der Waals surface area contributed by atoms with Gasteiger partial charge in [-0.05, 0) is 68.1 Å². The van der Waals surface area contributed by atoms with Crippen LogP contribution in [0.5, 0.6) is 11.5 Å². The molecule has 4 heteroatoms. The van der Waals surface area contributed by atoms with Crippen LogP contribution < -0.4 is 10.5 Å². The van der Waals surface area contributed by atoms with Gasteiger partial charge in [-0.25, -0.2) is 0 Å². The first-order valence-electron chi connectivity index (χ1n) is 7.54. The fraction of sp³-hybridized carbons (Fsp3) is 0.263. The highest BCUT2D eigenvalue weighted by molar-refractivity contribution is 5.92. The normalized spacial score (nSPS) is 10.4. The summed E-state index contributed by atoms with van der Waals surface area (Å²) in [6.07, 6.45) is 1.23. The van der Waals surface area contributed by atoms with E-state index in [-0.39, 0.29) is 5.78 Å². The number of amides is 1. The number of carbonyl (C=O) groups excluding carboxylic acids is 2. The van der Waals surface area contributed by atoms with Crippen molar-refractivity contribution in [1.29, 1.82) is 0 Å². The van der Waals surface area contributed by atoms with Gasteiger partial charge in [-0.2, -0.15) is 0 Å². The molecule has 0 unspecified atom stereocenters. The van der Waals surface area contributed by atoms with Crippen LogP contribution in [0.2, 0.25) is 0 Å². The van der Waals surface area contributed by atoms with E-state index in [1.54, 1.807) is 31.2 Å². The summed E-state index contributed by atoms with van der Waals surface area (Å²) in [6.45, 7) is 5.58. The molecule has 0 radical (unpaired) electrons. The molecular weight excluding hydrogens is 290 g/mol. The van der Waals surface area contributed by atoms with Crippen LogP contribution in [0.15, 0.2) is 36.4 Å². The van der Waals surface area contributed by atoms with E-state index in [0.717, 1.165) is 22.4 Å². The largest absolute Gasteiger partial charge is 0.457 e. The SMILES string of the molecule is CC(=O)CCc1ccc(C)c(Oc2ccc(C(N)=O)cc2)c1C. The molecule has 0 aliphatic carbocycles. The fourth-order valence-electron chi connectivity index (χ4n) is 2.41. The molecule has 0 saturated heterocycles. The average molecular weight is 311 g/mol. The Morgan fingerprint density at radius 2 is 1.70 bits per heavy atom. The fourth-order valence-corrected chi connectivity index (χ4v) is 2.41. The van der Waals surface area contributed by atoms with Crippen molar-refractivity contribution in [3.63, 3.8) is 0 Å². The molecule has 1 amide bonds. The van der Waals surface area contributed by atoms with Gasteiger partial charge in [0.25, 0.3) is 0 Å². The lowest BCUT2D eigenvalue weighted by Gasteiger charge is -2.15. The molecule has 2 N–H and O–H groups in total. The van der Waals surface area contributed by atoms with Gasteiger partial charge in [0.15, 0.2) is 0 Å². The third-order valence-corrected chi connectivity index (χ3v) is 3.82. The molecule has 2 rings (SSSR count). The number of primary amides is 1. The van der Waals surface area contributed by atoms with Crippen LogP contribution in [0, 0.1) is 13.8 Å². The number of aryl methyl sites for hydroxylation is 2. The molecule has 120 valence electrons. The minimum absolute atomic E-state index is 0.175. The second kappa shape index (κ2) is 7.09. The maximum absolute atomic E-state index is 11.2. The topological polar surface area (TPSA) is 69.4 Å². The Balaban J connectivity index is 2.26. The molecule has 4 nitrogen and oxygen atoms in total. The Hall–Kier alpha value is -2.62. The van der Waals surface area contributed by atoms with Crippen molar-refractivity contribution in [2.24, 2.45) is 5.73 Å². The minimum atomic E-state index is -0.463. The second-order valence-corrected chi connectivity index (χ2v) is 5.69. The van der Waals surface area contributed by atoms with Crippen LogP contribution in [0.1, 0.15) is 40.4 Å². The van der Waals surface area contributed by atoms with Gasteiger partial charge in [0.2, 0.25) is 5.91 Å². The maximum atomic E-state index is 11.2. The van der Waals surface area contributed by atoms with Crippen molar-refractivity contribution in [3.8, 4) is 11.5 Å². The molecule has 0 spiro atoms. The van der Waals surface area contributed by atoms with Crippen LogP contribution in [0.3, 0.4) is 0 Å². The summed E-state index contributed by atoms with van der Waals surface area (Å²) in [5.74, 6) is 1.15. The van der Waals surface area contributed by atoms with Gasteiger partial charge in [0, 0.05) is 12.0 Å². The first-order chi connectivity index (χ1) is 10.9. The van der Waals surface area contributed by atoms with E-state index < -0.39 is 5.91 Å². The Kier molecular flexibility index (Phi) is 5.16. The summed E-state index contributed by atoms with van der Waals surface area (Å²) in [5, 5.41) is 0. The zero-order chi connectivity index (χ0) is 17.0. The Morgan fingerprint density at radius 1 is 1.04 bits per heavy atom. The van der Waals surface area contributed by atoms with E-state index >= 15 is 0 Å². The molecule has 2 aromatic carbocycles. The number of rotatable bonds is 6. The molecule has 0 saturated carbocycles. The highest BCUT2D eigenvalue weighted by atomic mass is 16.5. The smallest absolute Gasteiger partial charge is 0.248 e. The van der Waals surface area contributed by atoms with Gasteiger partial charge >= 0.3 is 0 Å². The molecule has 23 heavy (non-hydrogen) atoms. The van der Waals surface area contributed by atoms with Crippen molar-refractivity contribution >= 4 is 11.7 Å². The number of ether oxygens (including phenoxy) is 1. The quantitative estimate of drug-likeness (QED) is 0.884. The lowest BCUT2D eigenvalue weighted by Crippen LogP contribution is -2.10. The minimum Gasteiger partial charge on any atom is -0.457 e. The van der Waals surface area contributed by atoms with Gasteiger partial charge < -0.3 is 15.3 Å². The first-order valence-corrected chi connectivity index (χ1v) is 7.54. The van der Waals surface area contributed by atoms with Gasteiger partial charge in [0.1, 0.15) is 17.3 Å². The summed E-state index contributed by atoms with van der Waals surface area (Å²) in [6, 6.07) is 10.8. The van der Waals surface area contributed by atoms with E-state index in [0.29, 0.717) is 24.2 Å². The third-order valence-electron chi connectivity index (χ3n) is 3.82. The molecule has 0 fully saturated rings. The third kappa shape index (κ3) is 4.19. The summed E-state index contributed by atoms with van der Waals surface area (Å²) in [4.78, 5) is 22.3. The van der Waals surface area contributed by atoms with Crippen LogP contribution in [0.25, 0.3) is 0 Å². The lowest BCUT2D eigenvalue weighted by atomic mass is 9.99. The number of carbonyl (C=O) groups is 2. The van der Waals surface area contributed by atoms with E-state index in [1.165, 1.54) is 0 Å². The van der Waals surface area contributed by atoms with Crippen LogP contribution in [0.4, 0.5) is 0 Å². The van der Waals surface area contributed by atoms with E-state index in [1.807, 2.05) is 26.0 Å². The predicted octanol–water partition coefficient (Wildman–Crippen LogP) is 3.72. The monoisotopic (exact) mass is 311 g/mol. The summed E-state index contributed by atoms with van der Waals surface area (Å²) in [5.41, 5.74) is 8.84. The zero-order valence-electron chi connectivity index (χ0n) is 13.7. The summed E-state index contributed by atoms with van der Waals surface area (Å²) in [7, 11) is 0. The number of Topliss-reactive ketones (excluding diaryl/α,β-unsaturated/α-hetero) is 1. The molecule has 0 atom stereocenters. The maximum Gasteiger partial charge on any atom is 0.248 e. The van der Waals surface area contributed by atoms with Crippen molar-refractivity contribution in [2.45, 2.75) is 33.6 Å².